The minimum atomic E-state index is -4.41. The lowest BCUT2D eigenvalue weighted by Crippen LogP contribution is -2.38. The number of aromatic nitrogens is 4. The van der Waals surface area contributed by atoms with Gasteiger partial charge < -0.3 is 15.2 Å². The Balaban J connectivity index is 1.92. The monoisotopic (exact) mass is 387 g/mol. The number of guanidine groups is 1. The van der Waals surface area contributed by atoms with E-state index in [1.54, 1.807) is 6.08 Å². The standard InChI is InChI=1S/C15H20F3N7S/c1-4-6-19-14(21-8-12-24-23-10(2)25(12)3)20-7-5-13-22-11(9-26-13)15(16,17)18/h4,9H,1,5-8H2,2-3H3,(H2,19,20,21). The summed E-state index contributed by atoms with van der Waals surface area (Å²) in [6.45, 7) is 6.69. The highest BCUT2D eigenvalue weighted by Gasteiger charge is 2.33. The van der Waals surface area contributed by atoms with Crippen molar-refractivity contribution in [2.75, 3.05) is 13.1 Å². The minimum absolute atomic E-state index is 0.319. The quantitative estimate of drug-likeness (QED) is 0.432. The molecule has 142 valence electrons. The number of rotatable bonds is 7. The Morgan fingerprint density at radius 2 is 2.15 bits per heavy atom. The van der Waals surface area contributed by atoms with Crippen LogP contribution in [0.2, 0.25) is 0 Å². The Hall–Kier alpha value is -2.43. The molecule has 0 aliphatic rings. The van der Waals surface area contributed by atoms with E-state index >= 15 is 0 Å². The highest BCUT2D eigenvalue weighted by Crippen LogP contribution is 2.29. The minimum Gasteiger partial charge on any atom is -0.356 e. The maximum absolute atomic E-state index is 12.6. The molecule has 2 aromatic heterocycles. The molecule has 0 atom stereocenters. The van der Waals surface area contributed by atoms with Gasteiger partial charge >= 0.3 is 6.18 Å². The van der Waals surface area contributed by atoms with Crippen LogP contribution in [0.15, 0.2) is 23.0 Å². The molecule has 0 amide bonds. The Morgan fingerprint density at radius 1 is 1.38 bits per heavy atom. The molecule has 11 heteroatoms. The van der Waals surface area contributed by atoms with Crippen LogP contribution in [0.5, 0.6) is 0 Å². The van der Waals surface area contributed by atoms with E-state index in [-0.39, 0.29) is 0 Å². The summed E-state index contributed by atoms with van der Waals surface area (Å²) >= 11 is 0.992. The fourth-order valence-corrected chi connectivity index (χ4v) is 2.73. The number of hydrogen-bond acceptors (Lipinski definition) is 5. The first-order valence-corrected chi connectivity index (χ1v) is 8.68. The predicted octanol–water partition coefficient (Wildman–Crippen LogP) is 2.06. The average molecular weight is 387 g/mol. The maximum Gasteiger partial charge on any atom is 0.434 e. The Labute approximate surface area is 153 Å². The van der Waals surface area contributed by atoms with Crippen molar-refractivity contribution in [1.82, 2.24) is 30.4 Å². The molecule has 2 aromatic rings. The maximum atomic E-state index is 12.6. The third-order valence-electron chi connectivity index (χ3n) is 3.45. The molecule has 0 aliphatic carbocycles. The predicted molar refractivity (Wildman–Crippen MR) is 93.9 cm³/mol. The van der Waals surface area contributed by atoms with E-state index < -0.39 is 11.9 Å². The summed E-state index contributed by atoms with van der Waals surface area (Å²) in [4.78, 5) is 8.01. The van der Waals surface area contributed by atoms with E-state index in [9.17, 15) is 13.2 Å². The van der Waals surface area contributed by atoms with Crippen LogP contribution in [0.1, 0.15) is 22.4 Å². The van der Waals surface area contributed by atoms with Crippen molar-refractivity contribution in [2.45, 2.75) is 26.1 Å². The second-order valence-corrected chi connectivity index (χ2v) is 6.30. The number of aryl methyl sites for hydroxylation is 1. The lowest BCUT2D eigenvalue weighted by Gasteiger charge is -2.10. The van der Waals surface area contributed by atoms with Crippen LogP contribution in [0.25, 0.3) is 0 Å². The molecule has 0 aliphatic heterocycles. The number of thiazole rings is 1. The van der Waals surface area contributed by atoms with Crippen LogP contribution in [0.4, 0.5) is 13.2 Å². The summed E-state index contributed by atoms with van der Waals surface area (Å²) in [5.74, 6) is 2.00. The molecular weight excluding hydrogens is 367 g/mol. The largest absolute Gasteiger partial charge is 0.434 e. The van der Waals surface area contributed by atoms with Crippen molar-refractivity contribution in [3.8, 4) is 0 Å². The Bertz CT molecular complexity index is 764. The van der Waals surface area contributed by atoms with Crippen LogP contribution >= 0.6 is 11.3 Å². The van der Waals surface area contributed by atoms with Gasteiger partial charge in [0.05, 0.1) is 5.01 Å². The Kier molecular flexibility index (Phi) is 6.72. The third kappa shape index (κ3) is 5.55. The van der Waals surface area contributed by atoms with Gasteiger partial charge in [-0.1, -0.05) is 6.08 Å². The first-order valence-electron chi connectivity index (χ1n) is 7.80. The third-order valence-corrected chi connectivity index (χ3v) is 4.36. The smallest absolute Gasteiger partial charge is 0.356 e. The van der Waals surface area contributed by atoms with Gasteiger partial charge in [0.1, 0.15) is 12.4 Å². The zero-order valence-electron chi connectivity index (χ0n) is 14.5. The second kappa shape index (κ2) is 8.79. The van der Waals surface area contributed by atoms with Crippen LogP contribution in [-0.2, 0) is 26.2 Å². The van der Waals surface area contributed by atoms with E-state index in [1.807, 2.05) is 18.5 Å². The van der Waals surface area contributed by atoms with Crippen molar-refractivity contribution in [2.24, 2.45) is 12.0 Å². The van der Waals surface area contributed by atoms with Gasteiger partial charge in [0.15, 0.2) is 17.5 Å². The molecule has 0 unspecified atom stereocenters. The molecule has 2 N–H and O–H groups in total. The van der Waals surface area contributed by atoms with Crippen LogP contribution in [-0.4, -0.2) is 38.8 Å². The number of nitrogens with one attached hydrogen (secondary N) is 2. The number of aliphatic imine (C=N–C) groups is 1. The zero-order valence-corrected chi connectivity index (χ0v) is 15.3. The normalized spacial score (nSPS) is 12.3. The van der Waals surface area contributed by atoms with Gasteiger partial charge in [-0.3, -0.25) is 0 Å². The van der Waals surface area contributed by atoms with Crippen molar-refractivity contribution < 1.29 is 13.2 Å². The molecule has 0 bridgehead atoms. The fraction of sp³-hybridized carbons (Fsp3) is 0.467. The van der Waals surface area contributed by atoms with Gasteiger partial charge in [0.2, 0.25) is 0 Å². The molecule has 7 nitrogen and oxygen atoms in total. The van der Waals surface area contributed by atoms with Gasteiger partial charge in [-0.15, -0.1) is 28.1 Å². The molecular formula is C15H20F3N7S. The number of halogens is 3. The van der Waals surface area contributed by atoms with Crippen molar-refractivity contribution in [3.63, 3.8) is 0 Å². The lowest BCUT2D eigenvalue weighted by atomic mass is 10.4. The summed E-state index contributed by atoms with van der Waals surface area (Å²) in [6, 6.07) is 0. The first kappa shape index (κ1) is 19.9. The van der Waals surface area contributed by atoms with Crippen molar-refractivity contribution in [1.29, 1.82) is 0 Å². The highest BCUT2D eigenvalue weighted by molar-refractivity contribution is 7.09. The summed E-state index contributed by atoms with van der Waals surface area (Å²) in [6.07, 6.45) is -2.37. The van der Waals surface area contributed by atoms with E-state index in [4.69, 9.17) is 0 Å². The molecule has 2 rings (SSSR count). The van der Waals surface area contributed by atoms with Crippen molar-refractivity contribution >= 4 is 17.3 Å². The van der Waals surface area contributed by atoms with E-state index in [0.717, 1.165) is 22.5 Å². The van der Waals surface area contributed by atoms with Gasteiger partial charge in [-0.05, 0) is 6.92 Å². The molecule has 0 saturated carbocycles. The van der Waals surface area contributed by atoms with Crippen LogP contribution < -0.4 is 10.6 Å². The number of hydrogen-bond donors (Lipinski definition) is 2. The van der Waals surface area contributed by atoms with Gasteiger partial charge in [-0.25, -0.2) is 9.98 Å². The van der Waals surface area contributed by atoms with E-state index in [2.05, 4.69) is 37.4 Å². The molecule has 0 spiro atoms. The fourth-order valence-electron chi connectivity index (χ4n) is 1.93. The van der Waals surface area contributed by atoms with Crippen LogP contribution in [0.3, 0.4) is 0 Å². The molecule has 0 aromatic carbocycles. The SMILES string of the molecule is C=CCNC(=NCc1nnc(C)n1C)NCCc1nc(C(F)(F)F)cs1. The molecule has 2 heterocycles. The van der Waals surface area contributed by atoms with Gasteiger partial charge in [-0.2, -0.15) is 13.2 Å². The summed E-state index contributed by atoms with van der Waals surface area (Å²) < 4.78 is 39.5. The van der Waals surface area contributed by atoms with E-state index in [0.29, 0.717) is 42.8 Å². The number of nitrogens with zero attached hydrogens (tertiary/aromatic N) is 5. The summed E-state index contributed by atoms with van der Waals surface area (Å²) in [7, 11) is 1.85. The molecule has 0 fully saturated rings. The summed E-state index contributed by atoms with van der Waals surface area (Å²) in [5.41, 5.74) is -0.853. The zero-order chi connectivity index (χ0) is 19.2. The van der Waals surface area contributed by atoms with Gasteiger partial charge in [0.25, 0.3) is 0 Å². The average Bonchev–Trinajstić information content (AvgIpc) is 3.18. The second-order valence-electron chi connectivity index (χ2n) is 5.36. The van der Waals surface area contributed by atoms with Gasteiger partial charge in [0, 0.05) is 31.9 Å². The highest BCUT2D eigenvalue weighted by atomic mass is 32.1. The first-order chi connectivity index (χ1) is 12.3. The topological polar surface area (TPSA) is 80.0 Å². The number of alkyl halides is 3. The summed E-state index contributed by atoms with van der Waals surface area (Å²) in [5, 5.41) is 15.6. The molecule has 0 radical (unpaired) electrons. The Morgan fingerprint density at radius 3 is 2.73 bits per heavy atom. The molecule has 26 heavy (non-hydrogen) atoms. The van der Waals surface area contributed by atoms with E-state index in [1.165, 1.54) is 0 Å². The van der Waals surface area contributed by atoms with Crippen molar-refractivity contribution in [3.05, 3.63) is 40.4 Å². The lowest BCUT2D eigenvalue weighted by molar-refractivity contribution is -0.140. The molecule has 0 saturated heterocycles. The van der Waals surface area contributed by atoms with Crippen LogP contribution in [0, 0.1) is 6.92 Å².